The van der Waals surface area contributed by atoms with Crippen LogP contribution in [0.15, 0.2) is 41.7 Å². The van der Waals surface area contributed by atoms with Gasteiger partial charge in [-0.25, -0.2) is 4.39 Å². The highest BCUT2D eigenvalue weighted by atomic mass is 19.1. The predicted molar refractivity (Wildman–Crippen MR) is 99.6 cm³/mol. The number of aromatic nitrogens is 2. The first-order valence-electron chi connectivity index (χ1n) is 9.03. The van der Waals surface area contributed by atoms with Gasteiger partial charge in [0.15, 0.2) is 5.96 Å². The number of halogens is 1. The molecule has 0 spiro atoms. The lowest BCUT2D eigenvalue weighted by Crippen LogP contribution is -2.48. The second-order valence-corrected chi connectivity index (χ2v) is 6.36. The maximum atomic E-state index is 13.0. The zero-order valence-electron chi connectivity index (χ0n) is 15.4. The van der Waals surface area contributed by atoms with Gasteiger partial charge in [-0.15, -0.1) is 0 Å². The molecule has 2 aromatic rings. The predicted octanol–water partition coefficient (Wildman–Crippen LogP) is 2.14. The zero-order valence-corrected chi connectivity index (χ0v) is 15.4. The molecule has 1 atom stereocenters. The Kier molecular flexibility index (Phi) is 6.22. The molecular formula is C19H26FN5O. The van der Waals surface area contributed by atoms with Crippen LogP contribution in [0, 0.1) is 5.82 Å². The highest BCUT2D eigenvalue weighted by molar-refractivity contribution is 5.80. The third kappa shape index (κ3) is 4.82. The maximum absolute atomic E-state index is 13.0. The van der Waals surface area contributed by atoms with Gasteiger partial charge in [0.25, 0.3) is 0 Å². The zero-order chi connectivity index (χ0) is 18.4. The van der Waals surface area contributed by atoms with Crippen molar-refractivity contribution in [1.82, 2.24) is 20.0 Å². The molecule has 3 rings (SSSR count). The molecule has 140 valence electrons. The number of hydrogen-bond donors (Lipinski definition) is 1. The molecule has 7 heteroatoms. The second kappa shape index (κ2) is 8.80. The minimum absolute atomic E-state index is 0.00148. The fraction of sp³-hybridized carbons (Fsp3) is 0.474. The van der Waals surface area contributed by atoms with E-state index in [0.717, 1.165) is 43.1 Å². The Morgan fingerprint density at radius 1 is 1.38 bits per heavy atom. The van der Waals surface area contributed by atoms with E-state index in [9.17, 15) is 4.39 Å². The summed E-state index contributed by atoms with van der Waals surface area (Å²) in [5.41, 5.74) is 2.17. The molecule has 0 radical (unpaired) electrons. The van der Waals surface area contributed by atoms with Crippen LogP contribution in [0.3, 0.4) is 0 Å². The van der Waals surface area contributed by atoms with Crippen LogP contribution in [0.1, 0.15) is 24.2 Å². The average molecular weight is 359 g/mol. The Balaban J connectivity index is 1.63. The van der Waals surface area contributed by atoms with Crippen LogP contribution in [0.4, 0.5) is 4.39 Å². The first kappa shape index (κ1) is 18.4. The van der Waals surface area contributed by atoms with Gasteiger partial charge in [-0.3, -0.25) is 9.67 Å². The van der Waals surface area contributed by atoms with Crippen LogP contribution in [0.25, 0.3) is 0 Å². The molecule has 6 nitrogen and oxygen atoms in total. The van der Waals surface area contributed by atoms with Crippen molar-refractivity contribution in [2.45, 2.75) is 19.4 Å². The van der Waals surface area contributed by atoms with Crippen LogP contribution in [-0.2, 0) is 18.2 Å². The van der Waals surface area contributed by atoms with Crippen molar-refractivity contribution in [2.24, 2.45) is 12.0 Å². The summed E-state index contributed by atoms with van der Waals surface area (Å²) in [6.45, 7) is 5.73. The lowest BCUT2D eigenvalue weighted by Gasteiger charge is -2.34. The summed E-state index contributed by atoms with van der Waals surface area (Å²) in [5, 5.41) is 7.60. The quantitative estimate of drug-likeness (QED) is 0.656. The molecule has 1 aromatic heterocycles. The molecule has 1 aliphatic rings. The molecule has 2 heterocycles. The molecule has 1 fully saturated rings. The number of guanidine groups is 1. The van der Waals surface area contributed by atoms with Gasteiger partial charge in [0, 0.05) is 38.4 Å². The van der Waals surface area contributed by atoms with Crippen molar-refractivity contribution in [3.8, 4) is 0 Å². The van der Waals surface area contributed by atoms with Crippen molar-refractivity contribution in [2.75, 3.05) is 32.8 Å². The smallest absolute Gasteiger partial charge is 0.194 e. The van der Waals surface area contributed by atoms with E-state index in [2.05, 4.69) is 22.2 Å². The topological polar surface area (TPSA) is 54.7 Å². The summed E-state index contributed by atoms with van der Waals surface area (Å²) in [7, 11) is 1.91. The molecule has 1 N–H and O–H groups in total. The van der Waals surface area contributed by atoms with Gasteiger partial charge in [0.05, 0.1) is 19.3 Å². The number of morpholine rings is 1. The fourth-order valence-corrected chi connectivity index (χ4v) is 3.02. The maximum Gasteiger partial charge on any atom is 0.194 e. The summed E-state index contributed by atoms with van der Waals surface area (Å²) in [4.78, 5) is 6.98. The Morgan fingerprint density at radius 2 is 2.19 bits per heavy atom. The number of nitrogens with zero attached hydrogens (tertiary/aromatic N) is 4. The highest BCUT2D eigenvalue weighted by Gasteiger charge is 2.25. The summed E-state index contributed by atoms with van der Waals surface area (Å²) in [5.74, 6) is 0.687. The first-order valence-corrected chi connectivity index (χ1v) is 9.03. The molecule has 1 unspecified atom stereocenters. The average Bonchev–Trinajstić information content (AvgIpc) is 3.09. The molecule has 1 saturated heterocycles. The standard InChI is InChI=1S/C19H26FN5O/c1-3-21-19(22-9-8-15-4-6-17(20)7-5-15)25-10-11-26-18(14-25)16-12-23-24(2)13-16/h4-7,12-13,18H,3,8-11,14H2,1-2H3,(H,21,22). The molecule has 0 bridgehead atoms. The van der Waals surface area contributed by atoms with Gasteiger partial charge in [-0.2, -0.15) is 5.10 Å². The molecule has 1 aliphatic heterocycles. The number of hydrogen-bond acceptors (Lipinski definition) is 3. The summed E-state index contributed by atoms with van der Waals surface area (Å²) in [6, 6.07) is 6.60. The molecule has 0 aliphatic carbocycles. The van der Waals surface area contributed by atoms with Crippen LogP contribution < -0.4 is 5.32 Å². The molecule has 0 saturated carbocycles. The van der Waals surface area contributed by atoms with Crippen molar-refractivity contribution < 1.29 is 9.13 Å². The Bertz CT molecular complexity index is 728. The Labute approximate surface area is 153 Å². The van der Waals surface area contributed by atoms with Gasteiger partial charge in [0.2, 0.25) is 0 Å². The lowest BCUT2D eigenvalue weighted by molar-refractivity contribution is -0.00803. The van der Waals surface area contributed by atoms with Crippen LogP contribution >= 0.6 is 0 Å². The van der Waals surface area contributed by atoms with E-state index in [1.54, 1.807) is 4.68 Å². The van der Waals surface area contributed by atoms with Crippen molar-refractivity contribution in [1.29, 1.82) is 0 Å². The number of aliphatic imine (C=N–C) groups is 1. The van der Waals surface area contributed by atoms with Crippen molar-refractivity contribution >= 4 is 5.96 Å². The monoisotopic (exact) mass is 359 g/mol. The molecular weight excluding hydrogens is 333 g/mol. The van der Waals surface area contributed by atoms with E-state index < -0.39 is 0 Å². The van der Waals surface area contributed by atoms with Crippen LogP contribution in [-0.4, -0.2) is 53.4 Å². The largest absolute Gasteiger partial charge is 0.370 e. The van der Waals surface area contributed by atoms with Crippen LogP contribution in [0.5, 0.6) is 0 Å². The van der Waals surface area contributed by atoms with Gasteiger partial charge in [-0.05, 0) is 31.0 Å². The molecule has 1 aromatic carbocycles. The number of nitrogens with one attached hydrogen (secondary N) is 1. The second-order valence-electron chi connectivity index (χ2n) is 6.36. The SMILES string of the molecule is CCNC(=NCCc1ccc(F)cc1)N1CCOC(c2cnn(C)c2)C1. The third-order valence-electron chi connectivity index (χ3n) is 4.37. The fourth-order valence-electron chi connectivity index (χ4n) is 3.02. The van der Waals surface area contributed by atoms with Gasteiger partial charge in [0.1, 0.15) is 11.9 Å². The molecule has 26 heavy (non-hydrogen) atoms. The van der Waals surface area contributed by atoms with E-state index >= 15 is 0 Å². The van der Waals surface area contributed by atoms with Crippen molar-refractivity contribution in [3.63, 3.8) is 0 Å². The highest BCUT2D eigenvalue weighted by Crippen LogP contribution is 2.21. The van der Waals surface area contributed by atoms with Crippen molar-refractivity contribution in [3.05, 3.63) is 53.6 Å². The van der Waals surface area contributed by atoms with Crippen LogP contribution in [0.2, 0.25) is 0 Å². The minimum atomic E-state index is -0.208. The van der Waals surface area contributed by atoms with E-state index in [-0.39, 0.29) is 11.9 Å². The summed E-state index contributed by atoms with van der Waals surface area (Å²) >= 11 is 0. The Hall–Kier alpha value is -2.41. The van der Waals surface area contributed by atoms with E-state index in [4.69, 9.17) is 9.73 Å². The van der Waals surface area contributed by atoms with Gasteiger partial charge in [-0.1, -0.05) is 12.1 Å². The van der Waals surface area contributed by atoms with E-state index in [0.29, 0.717) is 13.2 Å². The number of aryl methyl sites for hydroxylation is 1. The van der Waals surface area contributed by atoms with Gasteiger partial charge >= 0.3 is 0 Å². The number of rotatable bonds is 5. The third-order valence-corrected chi connectivity index (χ3v) is 4.37. The Morgan fingerprint density at radius 3 is 2.88 bits per heavy atom. The number of ether oxygens (including phenoxy) is 1. The lowest BCUT2D eigenvalue weighted by atomic mass is 10.1. The van der Waals surface area contributed by atoms with Gasteiger partial charge < -0.3 is 15.0 Å². The summed E-state index contributed by atoms with van der Waals surface area (Å²) < 4.78 is 20.7. The first-order chi connectivity index (χ1) is 12.7. The summed E-state index contributed by atoms with van der Waals surface area (Å²) in [6.07, 6.45) is 4.63. The minimum Gasteiger partial charge on any atom is -0.370 e. The number of benzene rings is 1. The normalized spacial score (nSPS) is 18.2. The van der Waals surface area contributed by atoms with E-state index in [1.807, 2.05) is 31.6 Å². The molecule has 0 amide bonds. The van der Waals surface area contributed by atoms with E-state index in [1.165, 1.54) is 12.1 Å².